The lowest BCUT2D eigenvalue weighted by atomic mass is 9.94. The lowest BCUT2D eigenvalue weighted by molar-refractivity contribution is -0.151. The molecular formula is C20H26N2O5. The van der Waals surface area contributed by atoms with Crippen LogP contribution in [-0.2, 0) is 19.1 Å². The molecule has 0 bridgehead atoms. The van der Waals surface area contributed by atoms with Gasteiger partial charge in [0, 0.05) is 30.8 Å². The number of amides is 2. The molecule has 1 atom stereocenters. The van der Waals surface area contributed by atoms with E-state index in [9.17, 15) is 14.4 Å². The van der Waals surface area contributed by atoms with Crippen LogP contribution in [0.4, 0.5) is 5.69 Å². The topological polar surface area (TPSA) is 84.9 Å². The zero-order valence-corrected chi connectivity index (χ0v) is 15.6. The van der Waals surface area contributed by atoms with Gasteiger partial charge in [-0.25, -0.2) is 0 Å². The lowest BCUT2D eigenvalue weighted by Crippen LogP contribution is -2.38. The van der Waals surface area contributed by atoms with Crippen LogP contribution in [0, 0.1) is 5.92 Å². The van der Waals surface area contributed by atoms with Gasteiger partial charge in [0.1, 0.15) is 5.75 Å². The van der Waals surface area contributed by atoms with Crippen LogP contribution in [0.15, 0.2) is 24.3 Å². The second-order valence-electron chi connectivity index (χ2n) is 7.13. The second kappa shape index (κ2) is 8.88. The molecule has 2 amide bonds. The average molecular weight is 374 g/mol. The van der Waals surface area contributed by atoms with Gasteiger partial charge in [-0.15, -0.1) is 0 Å². The molecule has 1 aromatic carbocycles. The highest BCUT2D eigenvalue weighted by atomic mass is 16.5. The van der Waals surface area contributed by atoms with Crippen molar-refractivity contribution in [3.8, 4) is 5.75 Å². The molecule has 1 saturated heterocycles. The Kier molecular flexibility index (Phi) is 6.32. The molecule has 7 nitrogen and oxygen atoms in total. The summed E-state index contributed by atoms with van der Waals surface area (Å²) in [6.45, 7) is 0.0317. The molecule has 7 heteroatoms. The van der Waals surface area contributed by atoms with E-state index >= 15 is 0 Å². The number of methoxy groups -OCH3 is 1. The number of likely N-dealkylation sites (tertiary alicyclic amines) is 1. The zero-order valence-electron chi connectivity index (χ0n) is 15.6. The Morgan fingerprint density at radius 3 is 2.74 bits per heavy atom. The molecule has 146 valence electrons. The fraction of sp³-hybridized carbons (Fsp3) is 0.550. The van der Waals surface area contributed by atoms with Crippen LogP contribution in [0.1, 0.15) is 38.5 Å². The monoisotopic (exact) mass is 374 g/mol. The van der Waals surface area contributed by atoms with E-state index < -0.39 is 17.8 Å². The predicted molar refractivity (Wildman–Crippen MR) is 99.3 cm³/mol. The van der Waals surface area contributed by atoms with E-state index in [0.717, 1.165) is 25.7 Å². The van der Waals surface area contributed by atoms with Crippen LogP contribution in [0.3, 0.4) is 0 Å². The number of carbonyl (C=O) groups is 3. The molecule has 27 heavy (non-hydrogen) atoms. The Morgan fingerprint density at radius 2 is 2.00 bits per heavy atom. The summed E-state index contributed by atoms with van der Waals surface area (Å²) >= 11 is 0. The number of hydrogen-bond donors (Lipinski definition) is 1. The summed E-state index contributed by atoms with van der Waals surface area (Å²) in [4.78, 5) is 38.4. The highest BCUT2D eigenvalue weighted by Crippen LogP contribution is 2.29. The maximum atomic E-state index is 12.3. The smallest absolute Gasteiger partial charge is 0.311 e. The van der Waals surface area contributed by atoms with E-state index in [-0.39, 0.29) is 25.0 Å². The Hall–Kier alpha value is -2.57. The molecule has 1 aliphatic heterocycles. The first-order chi connectivity index (χ1) is 13.1. The fourth-order valence-corrected chi connectivity index (χ4v) is 3.79. The third-order valence-electron chi connectivity index (χ3n) is 5.21. The van der Waals surface area contributed by atoms with Crippen LogP contribution in [0.2, 0.25) is 0 Å². The van der Waals surface area contributed by atoms with Crippen LogP contribution >= 0.6 is 0 Å². The third-order valence-corrected chi connectivity index (χ3v) is 5.21. The van der Waals surface area contributed by atoms with Crippen LogP contribution < -0.4 is 10.1 Å². The van der Waals surface area contributed by atoms with Crippen LogP contribution in [0.5, 0.6) is 5.75 Å². The van der Waals surface area contributed by atoms with Gasteiger partial charge >= 0.3 is 5.97 Å². The number of hydrogen-bond acceptors (Lipinski definition) is 5. The number of rotatable bonds is 6. The van der Waals surface area contributed by atoms with Crippen molar-refractivity contribution in [1.82, 2.24) is 4.90 Å². The molecule has 0 aromatic heterocycles. The van der Waals surface area contributed by atoms with Gasteiger partial charge in [-0.1, -0.05) is 25.3 Å². The van der Waals surface area contributed by atoms with Crippen molar-refractivity contribution in [3.05, 3.63) is 24.3 Å². The molecule has 1 N–H and O–H groups in total. The van der Waals surface area contributed by atoms with E-state index in [2.05, 4.69) is 5.32 Å². The molecule has 1 aromatic rings. The Morgan fingerprint density at radius 1 is 1.22 bits per heavy atom. The minimum Gasteiger partial charge on any atom is -0.497 e. The van der Waals surface area contributed by atoms with Gasteiger partial charge in [0.25, 0.3) is 5.91 Å². The van der Waals surface area contributed by atoms with E-state index in [1.165, 1.54) is 6.42 Å². The molecule has 1 saturated carbocycles. The van der Waals surface area contributed by atoms with Crippen molar-refractivity contribution in [1.29, 1.82) is 0 Å². The summed E-state index contributed by atoms with van der Waals surface area (Å²) < 4.78 is 10.2. The SMILES string of the molecule is COc1cccc(NC(=O)COC(=O)[C@@H]2CC(=O)N(C3CCCCC3)C2)c1. The maximum Gasteiger partial charge on any atom is 0.311 e. The number of nitrogens with one attached hydrogen (secondary N) is 1. The lowest BCUT2D eigenvalue weighted by Gasteiger charge is -2.31. The van der Waals surface area contributed by atoms with Crippen molar-refractivity contribution < 1.29 is 23.9 Å². The normalized spacial score (nSPS) is 20.4. The van der Waals surface area contributed by atoms with Gasteiger partial charge in [0.15, 0.2) is 6.61 Å². The number of esters is 1. The summed E-state index contributed by atoms with van der Waals surface area (Å²) in [5.74, 6) is -0.752. The minimum absolute atomic E-state index is 0.0182. The van der Waals surface area contributed by atoms with E-state index in [0.29, 0.717) is 18.0 Å². The number of anilines is 1. The minimum atomic E-state index is -0.484. The molecule has 0 unspecified atom stereocenters. The highest BCUT2D eigenvalue weighted by Gasteiger charge is 2.39. The zero-order chi connectivity index (χ0) is 19.2. The summed E-state index contributed by atoms with van der Waals surface area (Å²) in [6, 6.07) is 7.17. The molecule has 2 fully saturated rings. The number of carbonyl (C=O) groups excluding carboxylic acids is 3. The van der Waals surface area contributed by atoms with Gasteiger partial charge in [0.05, 0.1) is 13.0 Å². The highest BCUT2D eigenvalue weighted by molar-refractivity contribution is 5.93. The summed E-state index contributed by atoms with van der Waals surface area (Å²) in [5, 5.41) is 2.66. The van der Waals surface area contributed by atoms with E-state index in [1.54, 1.807) is 31.4 Å². The molecule has 2 aliphatic rings. The summed E-state index contributed by atoms with van der Waals surface area (Å²) in [5.41, 5.74) is 0.565. The molecular weight excluding hydrogens is 348 g/mol. The predicted octanol–water partition coefficient (Wildman–Crippen LogP) is 2.36. The number of ether oxygens (including phenoxy) is 2. The first-order valence-electron chi connectivity index (χ1n) is 9.47. The van der Waals surface area contributed by atoms with Crippen molar-refractivity contribution in [2.24, 2.45) is 5.92 Å². The van der Waals surface area contributed by atoms with Crippen molar-refractivity contribution >= 4 is 23.5 Å². The Bertz CT molecular complexity index is 699. The van der Waals surface area contributed by atoms with Gasteiger partial charge in [-0.3, -0.25) is 14.4 Å². The molecule has 3 rings (SSSR count). The first kappa shape index (κ1) is 19.2. The number of benzene rings is 1. The fourth-order valence-electron chi connectivity index (χ4n) is 3.79. The van der Waals surface area contributed by atoms with Gasteiger partial charge in [0.2, 0.25) is 5.91 Å². The van der Waals surface area contributed by atoms with Crippen LogP contribution in [-0.4, -0.2) is 49.0 Å². The van der Waals surface area contributed by atoms with Crippen molar-refractivity contribution in [2.45, 2.75) is 44.6 Å². The van der Waals surface area contributed by atoms with Crippen molar-refractivity contribution in [2.75, 3.05) is 25.6 Å². The molecule has 0 spiro atoms. The Balaban J connectivity index is 1.46. The largest absolute Gasteiger partial charge is 0.497 e. The van der Waals surface area contributed by atoms with Crippen molar-refractivity contribution in [3.63, 3.8) is 0 Å². The van der Waals surface area contributed by atoms with E-state index in [1.807, 2.05) is 4.90 Å². The van der Waals surface area contributed by atoms with Gasteiger partial charge in [-0.05, 0) is 25.0 Å². The van der Waals surface area contributed by atoms with E-state index in [4.69, 9.17) is 9.47 Å². The Labute approximate surface area is 159 Å². The molecule has 0 radical (unpaired) electrons. The molecule has 1 heterocycles. The summed E-state index contributed by atoms with van der Waals surface area (Å²) in [6.07, 6.45) is 5.67. The standard InChI is InChI=1S/C20H26N2O5/c1-26-17-9-5-6-15(11-17)21-18(23)13-27-20(25)14-10-19(24)22(12-14)16-7-3-2-4-8-16/h5-6,9,11,14,16H,2-4,7-8,10,12-13H2,1H3,(H,21,23)/t14-/m1/s1. The second-order valence-corrected chi connectivity index (χ2v) is 7.13. The average Bonchev–Trinajstić information content (AvgIpc) is 3.08. The quantitative estimate of drug-likeness (QED) is 0.773. The number of nitrogens with zero attached hydrogens (tertiary/aromatic N) is 1. The third kappa shape index (κ3) is 4.99. The summed E-state index contributed by atoms with van der Waals surface area (Å²) in [7, 11) is 1.54. The van der Waals surface area contributed by atoms with Crippen LogP contribution in [0.25, 0.3) is 0 Å². The molecule has 1 aliphatic carbocycles. The maximum absolute atomic E-state index is 12.3. The van der Waals surface area contributed by atoms with Gasteiger partial charge < -0.3 is 19.7 Å². The first-order valence-corrected chi connectivity index (χ1v) is 9.47. The van der Waals surface area contributed by atoms with Gasteiger partial charge in [-0.2, -0.15) is 0 Å².